The number of fused-ring (bicyclic) bond motifs is 1. The highest BCUT2D eigenvalue weighted by molar-refractivity contribution is 5.55. The molecule has 0 aliphatic carbocycles. The molecule has 0 unspecified atom stereocenters. The first-order chi connectivity index (χ1) is 10.3. The highest BCUT2D eigenvalue weighted by atomic mass is 16.5. The van der Waals surface area contributed by atoms with Gasteiger partial charge in [-0.25, -0.2) is 0 Å². The van der Waals surface area contributed by atoms with Crippen molar-refractivity contribution in [1.82, 2.24) is 0 Å². The Bertz CT molecular complexity index is 640. The summed E-state index contributed by atoms with van der Waals surface area (Å²) in [5.41, 5.74) is 9.06. The van der Waals surface area contributed by atoms with Crippen LogP contribution in [0, 0.1) is 0 Å². The van der Waals surface area contributed by atoms with Crippen LogP contribution in [0.1, 0.15) is 11.1 Å². The van der Waals surface area contributed by atoms with Gasteiger partial charge in [0.05, 0.1) is 26.0 Å². The summed E-state index contributed by atoms with van der Waals surface area (Å²) in [4.78, 5) is 0. The maximum Gasteiger partial charge on any atom is 0.145 e. The van der Waals surface area contributed by atoms with Gasteiger partial charge in [-0.2, -0.15) is 0 Å². The lowest BCUT2D eigenvalue weighted by molar-refractivity contribution is 0.320. The molecule has 0 spiro atoms. The minimum atomic E-state index is 0.580. The van der Waals surface area contributed by atoms with Gasteiger partial charge in [-0.1, -0.05) is 12.1 Å². The highest BCUT2D eigenvalue weighted by Gasteiger charge is 2.12. The van der Waals surface area contributed by atoms with Crippen LogP contribution in [0.3, 0.4) is 0 Å². The Balaban J connectivity index is 1.61. The summed E-state index contributed by atoms with van der Waals surface area (Å²) >= 11 is 0. The van der Waals surface area contributed by atoms with Gasteiger partial charge in [0.1, 0.15) is 17.2 Å². The van der Waals surface area contributed by atoms with E-state index < -0.39 is 0 Å². The predicted molar refractivity (Wildman–Crippen MR) is 82.2 cm³/mol. The van der Waals surface area contributed by atoms with Crippen molar-refractivity contribution < 1.29 is 14.2 Å². The van der Waals surface area contributed by atoms with Gasteiger partial charge in [0.15, 0.2) is 0 Å². The lowest BCUT2D eigenvalue weighted by Gasteiger charge is -2.11. The number of hydrogen-bond acceptors (Lipinski definition) is 4. The fraction of sp³-hybridized carbons (Fsp3) is 0.294. The molecule has 1 aliphatic heterocycles. The van der Waals surface area contributed by atoms with Gasteiger partial charge in [-0.3, -0.25) is 0 Å². The van der Waals surface area contributed by atoms with E-state index >= 15 is 0 Å². The van der Waals surface area contributed by atoms with Crippen molar-refractivity contribution in [3.05, 3.63) is 47.5 Å². The van der Waals surface area contributed by atoms with Crippen molar-refractivity contribution in [2.75, 3.05) is 26.1 Å². The maximum absolute atomic E-state index is 5.90. The number of rotatable bonds is 5. The number of ether oxygens (including phenoxy) is 3. The van der Waals surface area contributed by atoms with E-state index in [-0.39, 0.29) is 0 Å². The summed E-state index contributed by atoms with van der Waals surface area (Å²) in [6.07, 6.45) is 1.83. The minimum Gasteiger partial charge on any atom is -0.497 e. The van der Waals surface area contributed by atoms with E-state index in [4.69, 9.17) is 19.9 Å². The Kier molecular flexibility index (Phi) is 3.86. The van der Waals surface area contributed by atoms with E-state index in [2.05, 4.69) is 12.1 Å². The Hall–Kier alpha value is -2.36. The van der Waals surface area contributed by atoms with Crippen LogP contribution in [0.4, 0.5) is 5.69 Å². The third-order valence-corrected chi connectivity index (χ3v) is 3.62. The third kappa shape index (κ3) is 3.05. The number of anilines is 1. The summed E-state index contributed by atoms with van der Waals surface area (Å²) in [7, 11) is 1.63. The van der Waals surface area contributed by atoms with Crippen LogP contribution in [0.15, 0.2) is 36.4 Å². The van der Waals surface area contributed by atoms with Crippen molar-refractivity contribution in [1.29, 1.82) is 0 Å². The summed E-state index contributed by atoms with van der Waals surface area (Å²) in [6, 6.07) is 11.7. The number of nitrogens with two attached hydrogens (primary N) is 1. The Morgan fingerprint density at radius 3 is 2.95 bits per heavy atom. The van der Waals surface area contributed by atoms with Crippen LogP contribution in [0.25, 0.3) is 0 Å². The molecule has 2 N–H and O–H groups in total. The number of hydrogen-bond donors (Lipinski definition) is 1. The first-order valence-corrected chi connectivity index (χ1v) is 7.07. The Labute approximate surface area is 124 Å². The van der Waals surface area contributed by atoms with Gasteiger partial charge in [0.25, 0.3) is 0 Å². The molecule has 1 aliphatic rings. The molecule has 4 heteroatoms. The van der Waals surface area contributed by atoms with Crippen molar-refractivity contribution in [3.63, 3.8) is 0 Å². The molecule has 21 heavy (non-hydrogen) atoms. The summed E-state index contributed by atoms with van der Waals surface area (Å²) in [5.74, 6) is 2.42. The van der Waals surface area contributed by atoms with Gasteiger partial charge in [-0.05, 0) is 29.3 Å². The molecule has 2 aromatic rings. The topological polar surface area (TPSA) is 53.7 Å². The summed E-state index contributed by atoms with van der Waals surface area (Å²) in [6.45, 7) is 1.37. The fourth-order valence-electron chi connectivity index (χ4n) is 2.44. The third-order valence-electron chi connectivity index (χ3n) is 3.62. The van der Waals surface area contributed by atoms with Gasteiger partial charge in [0.2, 0.25) is 0 Å². The van der Waals surface area contributed by atoms with E-state index in [1.165, 1.54) is 11.1 Å². The second-order valence-electron chi connectivity index (χ2n) is 5.04. The van der Waals surface area contributed by atoms with E-state index in [9.17, 15) is 0 Å². The average Bonchev–Trinajstić information content (AvgIpc) is 2.97. The number of methoxy groups -OCH3 is 1. The maximum atomic E-state index is 5.90. The van der Waals surface area contributed by atoms with Crippen LogP contribution >= 0.6 is 0 Å². The van der Waals surface area contributed by atoms with Crippen molar-refractivity contribution in [2.24, 2.45) is 0 Å². The van der Waals surface area contributed by atoms with Crippen LogP contribution < -0.4 is 19.9 Å². The molecular formula is C17H19NO3. The quantitative estimate of drug-likeness (QED) is 0.858. The molecule has 1 heterocycles. The largest absolute Gasteiger partial charge is 0.497 e. The van der Waals surface area contributed by atoms with Crippen LogP contribution in [0.5, 0.6) is 17.2 Å². The smallest absolute Gasteiger partial charge is 0.145 e. The number of benzene rings is 2. The van der Waals surface area contributed by atoms with E-state index in [0.29, 0.717) is 18.0 Å². The van der Waals surface area contributed by atoms with E-state index in [1.807, 2.05) is 18.2 Å². The first kappa shape index (κ1) is 13.6. The lowest BCUT2D eigenvalue weighted by Crippen LogP contribution is -2.04. The molecule has 0 saturated heterocycles. The molecule has 0 atom stereocenters. The van der Waals surface area contributed by atoms with Crippen molar-refractivity contribution >= 4 is 5.69 Å². The zero-order chi connectivity index (χ0) is 14.7. The molecular weight excluding hydrogens is 266 g/mol. The Morgan fingerprint density at radius 1 is 1.19 bits per heavy atom. The van der Waals surface area contributed by atoms with Gasteiger partial charge < -0.3 is 19.9 Å². The average molecular weight is 285 g/mol. The second-order valence-corrected chi connectivity index (χ2v) is 5.04. The standard InChI is InChI=1S/C17H19NO3/c1-19-14-3-4-15(18)17(11-14)21-8-6-12-2-5-16-13(10-12)7-9-20-16/h2-5,10-11H,6-9,18H2,1H3. The van der Waals surface area contributed by atoms with Gasteiger partial charge in [-0.15, -0.1) is 0 Å². The normalized spacial score (nSPS) is 12.6. The molecule has 4 nitrogen and oxygen atoms in total. The molecule has 0 aromatic heterocycles. The molecule has 110 valence electrons. The SMILES string of the molecule is COc1ccc(N)c(OCCc2ccc3c(c2)CCO3)c1. The number of nitrogen functional groups attached to an aromatic ring is 1. The second kappa shape index (κ2) is 5.95. The lowest BCUT2D eigenvalue weighted by atomic mass is 10.1. The molecule has 3 rings (SSSR count). The van der Waals surface area contributed by atoms with Crippen LogP contribution in [-0.4, -0.2) is 20.3 Å². The monoisotopic (exact) mass is 285 g/mol. The van der Waals surface area contributed by atoms with Gasteiger partial charge >= 0.3 is 0 Å². The molecule has 0 fully saturated rings. The summed E-state index contributed by atoms with van der Waals surface area (Å²) < 4.78 is 16.4. The minimum absolute atomic E-state index is 0.580. The molecule has 0 bridgehead atoms. The van der Waals surface area contributed by atoms with Gasteiger partial charge in [0, 0.05) is 18.9 Å². The summed E-state index contributed by atoms with van der Waals surface area (Å²) in [5, 5.41) is 0. The van der Waals surface area contributed by atoms with E-state index in [1.54, 1.807) is 13.2 Å². The fourth-order valence-corrected chi connectivity index (χ4v) is 2.44. The molecule has 0 saturated carbocycles. The first-order valence-electron chi connectivity index (χ1n) is 7.07. The van der Waals surface area contributed by atoms with Crippen molar-refractivity contribution in [2.45, 2.75) is 12.8 Å². The molecule has 2 aromatic carbocycles. The predicted octanol–water partition coefficient (Wildman–Crippen LogP) is 2.83. The zero-order valence-corrected chi connectivity index (χ0v) is 12.1. The molecule has 0 amide bonds. The highest BCUT2D eigenvalue weighted by Crippen LogP contribution is 2.28. The van der Waals surface area contributed by atoms with E-state index in [0.717, 1.165) is 30.9 Å². The molecule has 0 radical (unpaired) electrons. The zero-order valence-electron chi connectivity index (χ0n) is 12.1. The van der Waals surface area contributed by atoms with Crippen LogP contribution in [0.2, 0.25) is 0 Å². The van der Waals surface area contributed by atoms with Crippen molar-refractivity contribution in [3.8, 4) is 17.2 Å². The van der Waals surface area contributed by atoms with Crippen LogP contribution in [-0.2, 0) is 12.8 Å². The Morgan fingerprint density at radius 2 is 2.10 bits per heavy atom.